The van der Waals surface area contributed by atoms with Gasteiger partial charge >= 0.3 is 5.97 Å². The van der Waals surface area contributed by atoms with Crippen LogP contribution >= 0.6 is 0 Å². The van der Waals surface area contributed by atoms with Crippen LogP contribution in [-0.4, -0.2) is 50.5 Å². The van der Waals surface area contributed by atoms with Crippen LogP contribution in [0, 0.1) is 0 Å². The molecule has 2 atom stereocenters. The lowest BCUT2D eigenvalue weighted by molar-refractivity contribution is -0.140. The first-order chi connectivity index (χ1) is 14.0. The van der Waals surface area contributed by atoms with Crippen molar-refractivity contribution in [1.29, 1.82) is 0 Å². The first-order valence-corrected chi connectivity index (χ1v) is 9.32. The third-order valence-corrected chi connectivity index (χ3v) is 5.18. The number of rotatable bonds is 6. The van der Waals surface area contributed by atoms with Crippen LogP contribution in [0.2, 0.25) is 0 Å². The summed E-state index contributed by atoms with van der Waals surface area (Å²) < 4.78 is 9.84. The van der Waals surface area contributed by atoms with Gasteiger partial charge in [0.05, 0.1) is 32.6 Å². The number of hydrogen-bond donors (Lipinski definition) is 1. The molecule has 29 heavy (non-hydrogen) atoms. The van der Waals surface area contributed by atoms with Crippen molar-refractivity contribution < 1.29 is 23.9 Å². The first kappa shape index (κ1) is 20.4. The molecule has 0 spiro atoms. The molecule has 7 nitrogen and oxygen atoms in total. The van der Waals surface area contributed by atoms with Crippen molar-refractivity contribution >= 4 is 17.8 Å². The summed E-state index contributed by atoms with van der Waals surface area (Å²) in [6.45, 7) is 0.164. The highest BCUT2D eigenvalue weighted by Crippen LogP contribution is 2.42. The van der Waals surface area contributed by atoms with Gasteiger partial charge in [0.25, 0.3) is 5.91 Å². The van der Waals surface area contributed by atoms with Gasteiger partial charge in [0.15, 0.2) is 0 Å². The number of nitrogens with zero attached hydrogens (tertiary/aromatic N) is 1. The molecule has 0 fully saturated rings. The fourth-order valence-electron chi connectivity index (χ4n) is 3.67. The minimum Gasteiger partial charge on any atom is -0.497 e. The highest BCUT2D eigenvalue weighted by atomic mass is 16.5. The van der Waals surface area contributed by atoms with Crippen molar-refractivity contribution in [3.63, 3.8) is 0 Å². The van der Waals surface area contributed by atoms with Gasteiger partial charge in [0.2, 0.25) is 5.91 Å². The van der Waals surface area contributed by atoms with Crippen molar-refractivity contribution in [1.82, 2.24) is 10.2 Å². The molecule has 0 aromatic heterocycles. The quantitative estimate of drug-likeness (QED) is 0.758. The Morgan fingerprint density at radius 1 is 1.07 bits per heavy atom. The summed E-state index contributed by atoms with van der Waals surface area (Å²) in [5.74, 6) is -0.701. The van der Waals surface area contributed by atoms with E-state index in [1.54, 1.807) is 49.4 Å². The summed E-state index contributed by atoms with van der Waals surface area (Å²) in [6.07, 6.45) is 0.0819. The maximum atomic E-state index is 13.2. The molecule has 0 saturated heterocycles. The zero-order chi connectivity index (χ0) is 21.0. The lowest BCUT2D eigenvalue weighted by Crippen LogP contribution is -2.45. The molecule has 7 heteroatoms. The van der Waals surface area contributed by atoms with Gasteiger partial charge < -0.3 is 19.7 Å². The number of esters is 1. The molecule has 2 aromatic rings. The number of hydrogen-bond acceptors (Lipinski definition) is 5. The number of carbonyl (C=O) groups is 3. The average Bonchev–Trinajstić information content (AvgIpc) is 2.75. The van der Waals surface area contributed by atoms with Crippen LogP contribution in [0.15, 0.2) is 48.5 Å². The number of nitrogens with one attached hydrogen (secondary N) is 1. The van der Waals surface area contributed by atoms with Crippen molar-refractivity contribution in [2.45, 2.75) is 18.4 Å². The van der Waals surface area contributed by atoms with Gasteiger partial charge in [-0.1, -0.05) is 30.3 Å². The Balaban J connectivity index is 1.98. The number of amides is 2. The minimum atomic E-state index is -0.611. The van der Waals surface area contributed by atoms with E-state index in [2.05, 4.69) is 10.1 Å². The topological polar surface area (TPSA) is 84.9 Å². The lowest BCUT2D eigenvalue weighted by Gasteiger charge is -2.39. The maximum absolute atomic E-state index is 13.2. The molecule has 0 saturated carbocycles. The third kappa shape index (κ3) is 4.08. The van der Waals surface area contributed by atoms with Crippen LogP contribution in [0.25, 0.3) is 0 Å². The molecular formula is C22H24N2O5. The molecule has 1 aliphatic rings. The van der Waals surface area contributed by atoms with Gasteiger partial charge in [-0.15, -0.1) is 0 Å². The molecule has 1 aliphatic heterocycles. The Morgan fingerprint density at radius 3 is 2.41 bits per heavy atom. The number of carbonyl (C=O) groups excluding carboxylic acids is 3. The Hall–Kier alpha value is -3.35. The van der Waals surface area contributed by atoms with Gasteiger partial charge in [0.1, 0.15) is 5.75 Å². The Morgan fingerprint density at radius 2 is 1.76 bits per heavy atom. The highest BCUT2D eigenvalue weighted by Gasteiger charge is 2.42. The van der Waals surface area contributed by atoms with Crippen LogP contribution in [0.1, 0.15) is 39.9 Å². The molecule has 152 valence electrons. The number of methoxy groups -OCH3 is 2. The molecule has 2 amide bonds. The largest absolute Gasteiger partial charge is 0.497 e. The summed E-state index contributed by atoms with van der Waals surface area (Å²) >= 11 is 0. The summed E-state index contributed by atoms with van der Waals surface area (Å²) in [5.41, 5.74) is 2.00. The van der Waals surface area contributed by atoms with E-state index in [9.17, 15) is 14.4 Å². The first-order valence-electron chi connectivity index (χ1n) is 9.32. The summed E-state index contributed by atoms with van der Waals surface area (Å²) in [4.78, 5) is 39.1. The lowest BCUT2D eigenvalue weighted by atomic mass is 9.79. The van der Waals surface area contributed by atoms with E-state index in [4.69, 9.17) is 4.74 Å². The fourth-order valence-corrected chi connectivity index (χ4v) is 3.67. The standard InChI is InChI=1S/C22H24N2O5/c1-24-20(14-8-10-15(28-2)11-9-14)19(21(26)23-13-12-18(25)29-3)16-6-4-5-7-17(16)22(24)27/h4-11,19-20H,12-13H2,1-3H3,(H,23,26)/t19-,20-/m1/s1. The van der Waals surface area contributed by atoms with Crippen LogP contribution < -0.4 is 10.1 Å². The Bertz CT molecular complexity index is 910. The molecule has 0 radical (unpaired) electrons. The summed E-state index contributed by atoms with van der Waals surface area (Å²) in [7, 11) is 4.59. The van der Waals surface area contributed by atoms with E-state index in [1.807, 2.05) is 18.2 Å². The Kier molecular flexibility index (Phi) is 6.16. The van der Waals surface area contributed by atoms with Gasteiger partial charge in [0, 0.05) is 19.2 Å². The molecule has 3 rings (SSSR count). The highest BCUT2D eigenvalue weighted by molar-refractivity contribution is 6.01. The van der Waals surface area contributed by atoms with Crippen LogP contribution in [0.3, 0.4) is 0 Å². The van der Waals surface area contributed by atoms with Gasteiger partial charge in [-0.2, -0.15) is 0 Å². The van der Waals surface area contributed by atoms with E-state index in [-0.39, 0.29) is 24.8 Å². The second-order valence-electron chi connectivity index (χ2n) is 6.82. The van der Waals surface area contributed by atoms with Gasteiger partial charge in [-0.05, 0) is 29.3 Å². The number of benzene rings is 2. The minimum absolute atomic E-state index is 0.0819. The average molecular weight is 396 g/mol. The molecule has 1 N–H and O–H groups in total. The second-order valence-corrected chi connectivity index (χ2v) is 6.82. The van der Waals surface area contributed by atoms with Gasteiger partial charge in [-0.25, -0.2) is 0 Å². The van der Waals surface area contributed by atoms with Crippen LogP contribution in [0.5, 0.6) is 5.75 Å². The predicted octanol–water partition coefficient (Wildman–Crippen LogP) is 2.28. The molecule has 0 aliphatic carbocycles. The number of fused-ring (bicyclic) bond motifs is 1. The maximum Gasteiger partial charge on any atom is 0.307 e. The molecule has 0 unspecified atom stereocenters. The summed E-state index contributed by atoms with van der Waals surface area (Å²) in [5, 5.41) is 2.81. The second kappa shape index (κ2) is 8.77. The number of likely N-dealkylation sites (N-methyl/N-ethyl adjacent to an activating group) is 1. The van der Waals surface area contributed by atoms with Crippen molar-refractivity contribution in [2.75, 3.05) is 27.8 Å². The molecular weight excluding hydrogens is 372 g/mol. The SMILES string of the molecule is COC(=O)CCNC(=O)[C@@H]1c2ccccc2C(=O)N(C)[C@@H]1c1ccc(OC)cc1. The molecule has 1 heterocycles. The van der Waals surface area contributed by atoms with Crippen molar-refractivity contribution in [3.05, 3.63) is 65.2 Å². The van der Waals surface area contributed by atoms with Crippen LogP contribution in [-0.2, 0) is 14.3 Å². The predicted molar refractivity (Wildman–Crippen MR) is 107 cm³/mol. The van der Waals surface area contributed by atoms with E-state index in [1.165, 1.54) is 7.11 Å². The van der Waals surface area contributed by atoms with E-state index >= 15 is 0 Å². The zero-order valence-corrected chi connectivity index (χ0v) is 16.7. The van der Waals surface area contributed by atoms with Gasteiger partial charge in [-0.3, -0.25) is 14.4 Å². The summed E-state index contributed by atoms with van der Waals surface area (Å²) in [6, 6.07) is 14.0. The number of ether oxygens (including phenoxy) is 2. The van der Waals surface area contributed by atoms with E-state index < -0.39 is 17.9 Å². The Labute approximate surface area is 169 Å². The molecule has 0 bridgehead atoms. The monoisotopic (exact) mass is 396 g/mol. The van der Waals surface area contributed by atoms with E-state index in [0.717, 1.165) is 5.56 Å². The smallest absolute Gasteiger partial charge is 0.307 e. The normalized spacial score (nSPS) is 18.0. The third-order valence-electron chi connectivity index (χ3n) is 5.18. The molecule has 2 aromatic carbocycles. The van der Waals surface area contributed by atoms with Crippen LogP contribution in [0.4, 0.5) is 0 Å². The van der Waals surface area contributed by atoms with Crippen molar-refractivity contribution in [2.24, 2.45) is 0 Å². The zero-order valence-electron chi connectivity index (χ0n) is 16.7. The van der Waals surface area contributed by atoms with Crippen molar-refractivity contribution in [3.8, 4) is 5.75 Å². The van der Waals surface area contributed by atoms with E-state index in [0.29, 0.717) is 16.9 Å². The fraction of sp³-hybridized carbons (Fsp3) is 0.318.